The molecule has 0 rings (SSSR count). The van der Waals surface area contributed by atoms with Crippen LogP contribution >= 0.6 is 0 Å². The summed E-state index contributed by atoms with van der Waals surface area (Å²) in [4.78, 5) is 38.5. The third-order valence-electron chi connectivity index (χ3n) is 15.6. The van der Waals surface area contributed by atoms with Gasteiger partial charge in [-0.3, -0.25) is 14.4 Å². The minimum absolute atomic E-state index is 0.0719. The molecule has 6 nitrogen and oxygen atoms in total. The van der Waals surface area contributed by atoms with Crippen molar-refractivity contribution in [3.8, 4) is 0 Å². The maximum Gasteiger partial charge on any atom is 0.306 e. The first-order valence-corrected chi connectivity index (χ1v) is 34.6. The second-order valence-electron chi connectivity index (χ2n) is 23.4. The molecule has 0 aliphatic carbocycles. The number of allylic oxidation sites excluding steroid dienone is 8. The van der Waals surface area contributed by atoms with Gasteiger partial charge in [0.25, 0.3) is 0 Å². The van der Waals surface area contributed by atoms with Crippen LogP contribution in [0, 0.1) is 0 Å². The molecule has 1 unspecified atom stereocenters. The van der Waals surface area contributed by atoms with Crippen LogP contribution in [0.2, 0.25) is 0 Å². The fourth-order valence-corrected chi connectivity index (χ4v) is 10.3. The molecule has 6 heteroatoms. The Bertz CT molecular complexity index is 1350. The van der Waals surface area contributed by atoms with Crippen LogP contribution < -0.4 is 0 Å². The molecule has 0 aromatic rings. The zero-order valence-electron chi connectivity index (χ0n) is 52.5. The van der Waals surface area contributed by atoms with E-state index in [4.69, 9.17) is 14.2 Å². The molecule has 0 fully saturated rings. The molecule has 1 atom stereocenters. The number of esters is 3. The SMILES string of the molecule is CCCCCCC/C=C\C/C=C\CCCCCCCCCCCC(=O)OCC(COC(=O)CCCCCCCCCCCCCCCCCCCC)OC(=O)CCCCCCCCCCC/C=C\C/C=C\CCCCCCC. The molecule has 0 saturated heterocycles. The summed E-state index contributed by atoms with van der Waals surface area (Å²) in [7, 11) is 0. The predicted molar refractivity (Wildman–Crippen MR) is 339 cm³/mol. The fourth-order valence-electron chi connectivity index (χ4n) is 10.3. The third-order valence-corrected chi connectivity index (χ3v) is 15.6. The highest BCUT2D eigenvalue weighted by molar-refractivity contribution is 5.71. The molecule has 78 heavy (non-hydrogen) atoms. The van der Waals surface area contributed by atoms with Crippen molar-refractivity contribution in [1.29, 1.82) is 0 Å². The number of rotatable bonds is 64. The second-order valence-corrected chi connectivity index (χ2v) is 23.4. The van der Waals surface area contributed by atoms with E-state index in [1.807, 2.05) is 0 Å². The van der Waals surface area contributed by atoms with E-state index in [0.29, 0.717) is 19.3 Å². The van der Waals surface area contributed by atoms with Gasteiger partial charge in [0, 0.05) is 19.3 Å². The highest BCUT2D eigenvalue weighted by Crippen LogP contribution is 2.18. The number of hydrogen-bond acceptors (Lipinski definition) is 6. The van der Waals surface area contributed by atoms with Crippen LogP contribution in [0.25, 0.3) is 0 Å². The Balaban J connectivity index is 4.35. The predicted octanol–water partition coefficient (Wildman–Crippen LogP) is 23.7. The summed E-state index contributed by atoms with van der Waals surface area (Å²) in [6, 6.07) is 0. The van der Waals surface area contributed by atoms with Gasteiger partial charge in [0.2, 0.25) is 0 Å². The Kier molecular flexibility index (Phi) is 64.6. The van der Waals surface area contributed by atoms with Crippen molar-refractivity contribution in [2.75, 3.05) is 13.2 Å². The highest BCUT2D eigenvalue weighted by Gasteiger charge is 2.19. The molecule has 0 radical (unpaired) electrons. The first-order valence-electron chi connectivity index (χ1n) is 34.6. The summed E-state index contributed by atoms with van der Waals surface area (Å²) in [5.74, 6) is -0.854. The number of carbonyl (C=O) groups excluding carboxylic acids is 3. The van der Waals surface area contributed by atoms with E-state index in [1.54, 1.807) is 0 Å². The van der Waals surface area contributed by atoms with E-state index in [9.17, 15) is 14.4 Å². The van der Waals surface area contributed by atoms with Crippen LogP contribution in [0.15, 0.2) is 48.6 Å². The quantitative estimate of drug-likeness (QED) is 0.0261. The normalized spacial score (nSPS) is 12.3. The van der Waals surface area contributed by atoms with Gasteiger partial charge >= 0.3 is 17.9 Å². The summed E-state index contributed by atoms with van der Waals surface area (Å²) in [6.07, 6.45) is 84.0. The van der Waals surface area contributed by atoms with Crippen molar-refractivity contribution in [2.24, 2.45) is 0 Å². The molecule has 0 spiro atoms. The lowest BCUT2D eigenvalue weighted by Crippen LogP contribution is -2.30. The minimum Gasteiger partial charge on any atom is -0.462 e. The van der Waals surface area contributed by atoms with Crippen LogP contribution in [0.3, 0.4) is 0 Å². The van der Waals surface area contributed by atoms with Crippen LogP contribution in [-0.2, 0) is 28.6 Å². The minimum atomic E-state index is -0.777. The topological polar surface area (TPSA) is 78.9 Å². The summed E-state index contributed by atoms with van der Waals surface area (Å²) >= 11 is 0. The number of carbonyl (C=O) groups is 3. The summed E-state index contributed by atoms with van der Waals surface area (Å²) in [6.45, 7) is 6.68. The van der Waals surface area contributed by atoms with Gasteiger partial charge in [-0.05, 0) is 83.5 Å². The lowest BCUT2D eigenvalue weighted by atomic mass is 10.0. The van der Waals surface area contributed by atoms with E-state index in [2.05, 4.69) is 69.4 Å². The van der Waals surface area contributed by atoms with Crippen molar-refractivity contribution >= 4 is 17.9 Å². The zero-order chi connectivity index (χ0) is 56.4. The number of ether oxygens (including phenoxy) is 3. The Hall–Kier alpha value is -2.63. The molecule has 0 aromatic heterocycles. The first-order chi connectivity index (χ1) is 38.5. The zero-order valence-corrected chi connectivity index (χ0v) is 52.5. The number of hydrogen-bond donors (Lipinski definition) is 0. The van der Waals surface area contributed by atoms with Gasteiger partial charge in [-0.25, -0.2) is 0 Å². The smallest absolute Gasteiger partial charge is 0.306 e. The maximum absolute atomic E-state index is 13.0. The first kappa shape index (κ1) is 75.4. The molecule has 0 aliphatic rings. The fraction of sp³-hybridized carbons (Fsp3) is 0.847. The molecular formula is C72H132O6. The lowest BCUT2D eigenvalue weighted by molar-refractivity contribution is -0.167. The van der Waals surface area contributed by atoms with Crippen LogP contribution in [0.1, 0.15) is 374 Å². The molecule has 0 aliphatic heterocycles. The standard InChI is InChI=1S/C72H132O6/c1-4-7-10-13-16-19-22-25-28-31-34-36-38-41-44-47-50-53-56-59-62-65-71(74)77-68-69(67-76-70(73)64-61-58-55-52-49-46-43-40-33-30-27-24-21-18-15-12-9-6-3)78-72(75)66-63-60-57-54-51-48-45-42-39-37-35-32-29-26-23-20-17-14-11-8-5-2/h22-23,25-26,31-32,34-35,69H,4-21,24,27-30,33,36-68H2,1-3H3/b25-22-,26-23-,34-31-,35-32-. The van der Waals surface area contributed by atoms with Crippen molar-refractivity contribution < 1.29 is 28.6 Å². The van der Waals surface area contributed by atoms with Crippen molar-refractivity contribution in [3.05, 3.63) is 48.6 Å². The maximum atomic E-state index is 13.0. The molecule has 0 amide bonds. The highest BCUT2D eigenvalue weighted by atomic mass is 16.6. The summed E-state index contributed by atoms with van der Waals surface area (Å²) in [5, 5.41) is 0. The Morgan fingerprint density at radius 2 is 0.462 bits per heavy atom. The summed E-state index contributed by atoms with van der Waals surface area (Å²) in [5.41, 5.74) is 0. The van der Waals surface area contributed by atoms with Crippen molar-refractivity contribution in [1.82, 2.24) is 0 Å². The second kappa shape index (κ2) is 66.9. The van der Waals surface area contributed by atoms with Gasteiger partial charge < -0.3 is 14.2 Å². The van der Waals surface area contributed by atoms with E-state index in [-0.39, 0.29) is 31.1 Å². The van der Waals surface area contributed by atoms with Gasteiger partial charge in [-0.1, -0.05) is 320 Å². The molecule has 0 saturated carbocycles. The van der Waals surface area contributed by atoms with Gasteiger partial charge in [0.15, 0.2) is 6.10 Å². The van der Waals surface area contributed by atoms with Gasteiger partial charge in [-0.2, -0.15) is 0 Å². The number of unbranched alkanes of at least 4 members (excludes halogenated alkanes) is 45. The van der Waals surface area contributed by atoms with E-state index in [1.165, 1.54) is 263 Å². The molecule has 0 bridgehead atoms. The van der Waals surface area contributed by atoms with E-state index < -0.39 is 6.10 Å². The largest absolute Gasteiger partial charge is 0.462 e. The molecule has 456 valence electrons. The van der Waals surface area contributed by atoms with Crippen molar-refractivity contribution in [2.45, 2.75) is 380 Å². The van der Waals surface area contributed by atoms with Gasteiger partial charge in [-0.15, -0.1) is 0 Å². The van der Waals surface area contributed by atoms with E-state index >= 15 is 0 Å². The Morgan fingerprint density at radius 1 is 0.256 bits per heavy atom. The van der Waals surface area contributed by atoms with Crippen molar-refractivity contribution in [3.63, 3.8) is 0 Å². The average Bonchev–Trinajstić information content (AvgIpc) is 3.44. The Labute approximate surface area is 486 Å². The monoisotopic (exact) mass is 1090 g/mol. The summed E-state index contributed by atoms with van der Waals surface area (Å²) < 4.78 is 17.0. The van der Waals surface area contributed by atoms with Gasteiger partial charge in [0.05, 0.1) is 0 Å². The Morgan fingerprint density at radius 3 is 0.705 bits per heavy atom. The average molecular weight is 1090 g/mol. The molecular weight excluding hydrogens is 961 g/mol. The van der Waals surface area contributed by atoms with Crippen LogP contribution in [0.5, 0.6) is 0 Å². The van der Waals surface area contributed by atoms with E-state index in [0.717, 1.165) is 70.6 Å². The molecule has 0 N–H and O–H groups in total. The van der Waals surface area contributed by atoms with Crippen LogP contribution in [-0.4, -0.2) is 37.2 Å². The third kappa shape index (κ3) is 64.2. The van der Waals surface area contributed by atoms with Crippen LogP contribution in [0.4, 0.5) is 0 Å². The molecule has 0 aromatic carbocycles. The van der Waals surface area contributed by atoms with Gasteiger partial charge in [0.1, 0.15) is 13.2 Å². The lowest BCUT2D eigenvalue weighted by Gasteiger charge is -2.18. The molecule has 0 heterocycles.